The summed E-state index contributed by atoms with van der Waals surface area (Å²) in [6.45, 7) is 5.36. The van der Waals surface area contributed by atoms with E-state index in [1.54, 1.807) is 0 Å². The molecule has 0 amide bonds. The minimum atomic E-state index is 0.193. The van der Waals surface area contributed by atoms with Crippen molar-refractivity contribution in [3.8, 4) is 0 Å². The monoisotopic (exact) mass is 293 g/mol. The van der Waals surface area contributed by atoms with E-state index in [4.69, 9.17) is 5.84 Å². The van der Waals surface area contributed by atoms with Crippen molar-refractivity contribution in [3.63, 3.8) is 0 Å². The Balaban J connectivity index is 1.94. The number of aromatic nitrogens is 3. The van der Waals surface area contributed by atoms with Gasteiger partial charge in [0.05, 0.1) is 17.9 Å². The summed E-state index contributed by atoms with van der Waals surface area (Å²) in [7, 11) is 0. The minimum Gasteiger partial charge on any atom is -0.271 e. The Morgan fingerprint density at radius 3 is 2.67 bits per heavy atom. The Bertz CT molecular complexity index is 395. The first kappa shape index (κ1) is 16.4. The molecule has 120 valence electrons. The van der Waals surface area contributed by atoms with Crippen LogP contribution in [0.5, 0.6) is 0 Å². The van der Waals surface area contributed by atoms with E-state index < -0.39 is 0 Å². The number of hydrogen-bond donors (Lipinski definition) is 2. The lowest BCUT2D eigenvalue weighted by molar-refractivity contribution is 0.207. The van der Waals surface area contributed by atoms with Crippen molar-refractivity contribution in [1.82, 2.24) is 20.4 Å². The van der Waals surface area contributed by atoms with Crippen molar-refractivity contribution < 1.29 is 0 Å². The molecule has 0 radical (unpaired) electrons. The predicted molar refractivity (Wildman–Crippen MR) is 85.4 cm³/mol. The van der Waals surface area contributed by atoms with E-state index in [1.165, 1.54) is 44.9 Å². The largest absolute Gasteiger partial charge is 0.271 e. The van der Waals surface area contributed by atoms with Gasteiger partial charge in [0.15, 0.2) is 0 Å². The van der Waals surface area contributed by atoms with Crippen LogP contribution in [0.1, 0.15) is 76.9 Å². The fourth-order valence-corrected chi connectivity index (χ4v) is 3.66. The van der Waals surface area contributed by atoms with Gasteiger partial charge in [0.25, 0.3) is 0 Å². The molecule has 3 N–H and O–H groups in total. The molecule has 5 heteroatoms. The second-order valence-electron chi connectivity index (χ2n) is 6.45. The van der Waals surface area contributed by atoms with E-state index in [2.05, 4.69) is 29.6 Å². The number of nitrogens with two attached hydrogens (primary N) is 1. The molecule has 0 saturated heterocycles. The van der Waals surface area contributed by atoms with Crippen LogP contribution in [0.15, 0.2) is 6.20 Å². The zero-order chi connectivity index (χ0) is 15.1. The lowest BCUT2D eigenvalue weighted by Crippen LogP contribution is -2.36. The number of unbranched alkanes of at least 4 members (excludes halogenated alkanes) is 1. The average Bonchev–Trinajstić information content (AvgIpc) is 2.96. The molecule has 0 aromatic carbocycles. The first-order valence-corrected chi connectivity index (χ1v) is 8.64. The lowest BCUT2D eigenvalue weighted by Gasteiger charge is -2.33. The number of nitrogens with zero attached hydrogens (tertiary/aromatic N) is 3. The maximum absolute atomic E-state index is 5.86. The van der Waals surface area contributed by atoms with Crippen LogP contribution in [-0.2, 0) is 6.54 Å². The van der Waals surface area contributed by atoms with Gasteiger partial charge in [-0.05, 0) is 31.1 Å². The molecule has 5 nitrogen and oxygen atoms in total. The fourth-order valence-electron chi connectivity index (χ4n) is 3.66. The maximum atomic E-state index is 5.86. The molecule has 0 spiro atoms. The van der Waals surface area contributed by atoms with Gasteiger partial charge < -0.3 is 0 Å². The summed E-state index contributed by atoms with van der Waals surface area (Å²) in [5.41, 5.74) is 4.18. The highest BCUT2D eigenvalue weighted by Gasteiger charge is 2.29. The third kappa shape index (κ3) is 4.27. The average molecular weight is 293 g/mol. The summed E-state index contributed by atoms with van der Waals surface area (Å²) in [5, 5.41) is 8.27. The Labute approximate surface area is 128 Å². The molecular weight excluding hydrogens is 262 g/mol. The zero-order valence-electron chi connectivity index (χ0n) is 13.6. The third-order valence-electron chi connectivity index (χ3n) is 4.91. The molecule has 1 aromatic rings. The molecule has 1 saturated carbocycles. The van der Waals surface area contributed by atoms with Gasteiger partial charge in [0.1, 0.15) is 0 Å². The second-order valence-corrected chi connectivity index (χ2v) is 6.45. The van der Waals surface area contributed by atoms with Gasteiger partial charge in [0.2, 0.25) is 0 Å². The number of rotatable bonds is 8. The second kappa shape index (κ2) is 8.49. The number of hydrogen-bond acceptors (Lipinski definition) is 4. The van der Waals surface area contributed by atoms with E-state index in [-0.39, 0.29) is 6.04 Å². The molecule has 0 bridgehead atoms. The molecule has 1 heterocycles. The van der Waals surface area contributed by atoms with E-state index in [0.29, 0.717) is 5.92 Å². The van der Waals surface area contributed by atoms with Gasteiger partial charge >= 0.3 is 0 Å². The number of nitrogens with one attached hydrogen (secondary N) is 1. The van der Waals surface area contributed by atoms with Gasteiger partial charge in [0, 0.05) is 6.54 Å². The van der Waals surface area contributed by atoms with Crippen molar-refractivity contribution in [1.29, 1.82) is 0 Å². The van der Waals surface area contributed by atoms with E-state index in [9.17, 15) is 0 Å². The normalized spacial score (nSPS) is 24.1. The zero-order valence-corrected chi connectivity index (χ0v) is 13.6. The summed E-state index contributed by atoms with van der Waals surface area (Å²) in [5.74, 6) is 7.40. The van der Waals surface area contributed by atoms with Crippen LogP contribution in [0.25, 0.3) is 0 Å². The van der Waals surface area contributed by atoms with Crippen LogP contribution >= 0.6 is 0 Å². The Kier molecular flexibility index (Phi) is 6.64. The first-order valence-electron chi connectivity index (χ1n) is 8.64. The number of hydrazine groups is 1. The smallest absolute Gasteiger partial charge is 0.0772 e. The first-order chi connectivity index (χ1) is 10.3. The third-order valence-corrected chi connectivity index (χ3v) is 4.91. The molecule has 0 aliphatic heterocycles. The molecule has 2 rings (SSSR count). The predicted octanol–water partition coefficient (Wildman–Crippen LogP) is 3.19. The standard InChI is InChI=1S/C16H31N5/c1-3-5-6-13-7-9-14(10-8-13)16(19-17)15-12-18-20-21(15)11-4-2/h12-14,16,19H,3-11,17H2,1-2H3. The highest BCUT2D eigenvalue weighted by atomic mass is 15.4. The quantitative estimate of drug-likeness (QED) is 0.570. The highest BCUT2D eigenvalue weighted by Crippen LogP contribution is 2.38. The summed E-state index contributed by atoms with van der Waals surface area (Å²) in [6.07, 6.45) is 12.3. The van der Waals surface area contributed by atoms with Crippen molar-refractivity contribution >= 4 is 0 Å². The minimum absolute atomic E-state index is 0.193. The topological polar surface area (TPSA) is 68.8 Å². The van der Waals surface area contributed by atoms with Crippen molar-refractivity contribution in [2.75, 3.05) is 0 Å². The van der Waals surface area contributed by atoms with Crippen LogP contribution in [0.3, 0.4) is 0 Å². The van der Waals surface area contributed by atoms with E-state index in [1.807, 2.05) is 10.9 Å². The molecule has 1 aromatic heterocycles. The van der Waals surface area contributed by atoms with E-state index in [0.717, 1.165) is 24.6 Å². The summed E-state index contributed by atoms with van der Waals surface area (Å²) < 4.78 is 2.01. The molecule has 1 aliphatic rings. The van der Waals surface area contributed by atoms with Crippen molar-refractivity contribution in [2.24, 2.45) is 17.7 Å². The van der Waals surface area contributed by atoms with Crippen LogP contribution in [0.2, 0.25) is 0 Å². The molecular formula is C16H31N5. The molecule has 1 unspecified atom stereocenters. The number of aryl methyl sites for hydroxylation is 1. The van der Waals surface area contributed by atoms with Gasteiger partial charge in [-0.3, -0.25) is 11.3 Å². The van der Waals surface area contributed by atoms with Gasteiger partial charge in [-0.25, -0.2) is 4.68 Å². The van der Waals surface area contributed by atoms with Crippen LogP contribution in [0, 0.1) is 11.8 Å². The Morgan fingerprint density at radius 1 is 1.29 bits per heavy atom. The van der Waals surface area contributed by atoms with Crippen LogP contribution in [-0.4, -0.2) is 15.0 Å². The molecule has 1 aliphatic carbocycles. The van der Waals surface area contributed by atoms with Crippen molar-refractivity contribution in [3.05, 3.63) is 11.9 Å². The SMILES string of the molecule is CCCCC1CCC(C(NN)c2cnnn2CCC)CC1. The lowest BCUT2D eigenvalue weighted by atomic mass is 9.76. The van der Waals surface area contributed by atoms with E-state index >= 15 is 0 Å². The molecule has 1 fully saturated rings. The van der Waals surface area contributed by atoms with Crippen LogP contribution < -0.4 is 11.3 Å². The highest BCUT2D eigenvalue weighted by molar-refractivity contribution is 5.04. The van der Waals surface area contributed by atoms with Gasteiger partial charge in [-0.15, -0.1) is 5.10 Å². The fraction of sp³-hybridized carbons (Fsp3) is 0.875. The summed E-state index contributed by atoms with van der Waals surface area (Å²) in [6, 6.07) is 0.193. The Hall–Kier alpha value is -0.940. The van der Waals surface area contributed by atoms with Gasteiger partial charge in [-0.1, -0.05) is 51.2 Å². The maximum Gasteiger partial charge on any atom is 0.0772 e. The summed E-state index contributed by atoms with van der Waals surface area (Å²) in [4.78, 5) is 0. The molecule has 21 heavy (non-hydrogen) atoms. The van der Waals surface area contributed by atoms with Crippen LogP contribution in [0.4, 0.5) is 0 Å². The van der Waals surface area contributed by atoms with Gasteiger partial charge in [-0.2, -0.15) is 0 Å². The molecule has 1 atom stereocenters. The van der Waals surface area contributed by atoms with Crippen molar-refractivity contribution in [2.45, 2.75) is 77.8 Å². The summed E-state index contributed by atoms with van der Waals surface area (Å²) >= 11 is 0. The Morgan fingerprint density at radius 2 is 2.05 bits per heavy atom.